The monoisotopic (exact) mass is 570 g/mol. The molecule has 3 aromatic carbocycles. The first-order valence-electron chi connectivity index (χ1n) is 13.3. The van der Waals surface area contributed by atoms with E-state index >= 15 is 0 Å². The molecule has 0 saturated heterocycles. The van der Waals surface area contributed by atoms with Crippen LogP contribution >= 0.6 is 11.3 Å². The number of esters is 1. The van der Waals surface area contributed by atoms with Crippen molar-refractivity contribution in [1.29, 1.82) is 0 Å². The average molecular weight is 571 g/mol. The van der Waals surface area contributed by atoms with Crippen LogP contribution in [0.4, 0.5) is 0 Å². The van der Waals surface area contributed by atoms with Gasteiger partial charge in [-0.1, -0.05) is 47.7 Å². The van der Waals surface area contributed by atoms with Crippen molar-refractivity contribution in [2.24, 2.45) is 10.9 Å². The Labute approximate surface area is 241 Å². The summed E-state index contributed by atoms with van der Waals surface area (Å²) in [5.41, 5.74) is 3.23. The van der Waals surface area contributed by atoms with Gasteiger partial charge in [0.15, 0.2) is 4.80 Å². The van der Waals surface area contributed by atoms with Crippen LogP contribution in [0.5, 0.6) is 17.2 Å². The predicted octanol–water partition coefficient (Wildman–Crippen LogP) is 4.06. The Morgan fingerprint density at radius 3 is 2.68 bits per heavy atom. The van der Waals surface area contributed by atoms with Gasteiger partial charge in [-0.25, -0.2) is 4.99 Å². The van der Waals surface area contributed by atoms with Crippen molar-refractivity contribution < 1.29 is 23.7 Å². The number of nitrogens with zero attached hydrogens (tertiary/aromatic N) is 2. The van der Waals surface area contributed by atoms with Crippen molar-refractivity contribution in [3.05, 3.63) is 108 Å². The molecule has 0 unspecified atom stereocenters. The van der Waals surface area contributed by atoms with Crippen molar-refractivity contribution in [1.82, 2.24) is 4.57 Å². The summed E-state index contributed by atoms with van der Waals surface area (Å²) in [6.45, 7) is 6.16. The number of ether oxygens (including phenoxy) is 4. The zero-order valence-corrected chi connectivity index (χ0v) is 24.3. The van der Waals surface area contributed by atoms with E-state index in [1.54, 1.807) is 18.6 Å². The summed E-state index contributed by atoms with van der Waals surface area (Å²) < 4.78 is 25.2. The zero-order chi connectivity index (χ0) is 28.9. The molecule has 2 aliphatic heterocycles. The minimum atomic E-state index is -1.21. The second-order valence-electron chi connectivity index (χ2n) is 10.4. The quantitative estimate of drug-likeness (QED) is 0.325. The fourth-order valence-electron chi connectivity index (χ4n) is 5.62. The van der Waals surface area contributed by atoms with E-state index in [1.807, 2.05) is 67.6 Å². The van der Waals surface area contributed by atoms with Crippen molar-refractivity contribution in [3.63, 3.8) is 0 Å². The van der Waals surface area contributed by atoms with E-state index in [4.69, 9.17) is 23.9 Å². The fraction of sp³-hybridized carbons (Fsp3) is 0.281. The second-order valence-corrected chi connectivity index (χ2v) is 11.4. The summed E-state index contributed by atoms with van der Waals surface area (Å²) in [6.07, 6.45) is 1.83. The molecule has 1 aromatic heterocycles. The molecule has 0 amide bonds. The number of thiazole rings is 1. The van der Waals surface area contributed by atoms with Crippen molar-refractivity contribution in [3.8, 4) is 17.2 Å². The van der Waals surface area contributed by atoms with Gasteiger partial charge in [-0.15, -0.1) is 0 Å². The highest BCUT2D eigenvalue weighted by atomic mass is 32.1. The van der Waals surface area contributed by atoms with Gasteiger partial charge < -0.3 is 18.9 Å². The highest BCUT2D eigenvalue weighted by molar-refractivity contribution is 7.07. The van der Waals surface area contributed by atoms with Crippen LogP contribution in [0.15, 0.2) is 70.5 Å². The van der Waals surface area contributed by atoms with Gasteiger partial charge in [0.1, 0.15) is 29.8 Å². The topological polar surface area (TPSA) is 88.4 Å². The van der Waals surface area contributed by atoms with Crippen LogP contribution in [0.3, 0.4) is 0 Å². The Hall–Kier alpha value is -4.37. The minimum absolute atomic E-state index is 0.226. The average Bonchev–Trinajstić information content (AvgIpc) is 3.25. The minimum Gasteiger partial charge on any atom is -0.496 e. The second kappa shape index (κ2) is 10.2. The number of methoxy groups -OCH3 is 2. The van der Waals surface area contributed by atoms with Crippen LogP contribution in [0, 0.1) is 19.8 Å². The molecular formula is C32H30N2O6S. The number of fused-ring (bicyclic) bond motifs is 6. The maximum absolute atomic E-state index is 13.9. The SMILES string of the molecule is COC(=O)[C@@H]1[C@H]2c3ccccc3O[C@@]1(C)N=c1s/c(=C/c3ccc(OC)c(COc4cccc(C)c4C)c3)c(=O)n12. The number of aromatic nitrogens is 1. The van der Waals surface area contributed by atoms with Crippen LogP contribution < -0.4 is 29.1 Å². The fourth-order valence-corrected chi connectivity index (χ4v) is 6.72. The third-order valence-corrected chi connectivity index (χ3v) is 8.86. The number of para-hydroxylation sites is 1. The van der Waals surface area contributed by atoms with E-state index < -0.39 is 23.7 Å². The number of rotatable bonds is 6. The molecule has 0 N–H and O–H groups in total. The first-order valence-corrected chi connectivity index (χ1v) is 14.1. The van der Waals surface area contributed by atoms with E-state index in [0.29, 0.717) is 27.4 Å². The third kappa shape index (κ3) is 4.50. The van der Waals surface area contributed by atoms with Gasteiger partial charge >= 0.3 is 5.97 Å². The van der Waals surface area contributed by atoms with Crippen LogP contribution in [0.1, 0.15) is 40.8 Å². The van der Waals surface area contributed by atoms with Gasteiger partial charge in [0.05, 0.1) is 24.8 Å². The van der Waals surface area contributed by atoms with E-state index in [9.17, 15) is 9.59 Å². The molecule has 0 saturated carbocycles. The molecule has 0 radical (unpaired) electrons. The van der Waals surface area contributed by atoms with E-state index in [2.05, 4.69) is 13.0 Å². The van der Waals surface area contributed by atoms with Crippen molar-refractivity contribution >= 4 is 23.4 Å². The van der Waals surface area contributed by atoms with Crippen LogP contribution in [0.2, 0.25) is 0 Å². The highest BCUT2D eigenvalue weighted by Crippen LogP contribution is 2.47. The molecule has 41 heavy (non-hydrogen) atoms. The normalized spacial score (nSPS) is 20.8. The number of carbonyl (C=O) groups excluding carboxylic acids is 1. The van der Waals surface area contributed by atoms with E-state index in [-0.39, 0.29) is 5.56 Å². The summed E-state index contributed by atoms with van der Waals surface area (Å²) in [5.74, 6) is 0.816. The van der Waals surface area contributed by atoms with Crippen LogP contribution in [-0.4, -0.2) is 30.5 Å². The van der Waals surface area contributed by atoms with Gasteiger partial charge in [0.25, 0.3) is 5.56 Å². The Balaban J connectivity index is 1.43. The molecule has 3 heterocycles. The van der Waals surface area contributed by atoms with Crippen LogP contribution in [-0.2, 0) is 16.1 Å². The molecule has 9 heteroatoms. The first kappa shape index (κ1) is 26.8. The van der Waals surface area contributed by atoms with Gasteiger partial charge in [-0.05, 0) is 67.8 Å². The molecule has 2 aliphatic rings. The maximum atomic E-state index is 13.9. The maximum Gasteiger partial charge on any atom is 0.317 e. The molecule has 6 rings (SSSR count). The molecule has 3 atom stereocenters. The molecule has 0 spiro atoms. The summed E-state index contributed by atoms with van der Waals surface area (Å²) in [4.78, 5) is 32.2. The largest absolute Gasteiger partial charge is 0.496 e. The molecule has 4 aromatic rings. The number of aryl methyl sites for hydroxylation is 1. The lowest BCUT2D eigenvalue weighted by atomic mass is 9.81. The molecule has 210 valence electrons. The molecular weight excluding hydrogens is 540 g/mol. The standard InChI is InChI=1S/C32H30N2O6S/c1-18-9-8-12-23(19(18)2)39-17-21-15-20(13-14-24(21)37-4)16-26-29(35)34-28-22-10-6-7-11-25(22)40-32(3,33-31(34)41-26)27(28)30(36)38-5/h6-16,27-28H,17H2,1-5H3/b26-16+/t27-,28+,32+/m0/s1. The Bertz CT molecular complexity index is 1860. The lowest BCUT2D eigenvalue weighted by molar-refractivity contribution is -0.158. The zero-order valence-electron chi connectivity index (χ0n) is 23.5. The first-order chi connectivity index (χ1) is 19.7. The Kier molecular flexibility index (Phi) is 6.69. The molecule has 8 nitrogen and oxygen atoms in total. The Morgan fingerprint density at radius 2 is 1.90 bits per heavy atom. The highest BCUT2D eigenvalue weighted by Gasteiger charge is 2.55. The van der Waals surface area contributed by atoms with Crippen molar-refractivity contribution in [2.45, 2.75) is 39.1 Å². The Morgan fingerprint density at radius 1 is 1.10 bits per heavy atom. The number of hydrogen-bond acceptors (Lipinski definition) is 8. The van der Waals surface area contributed by atoms with Crippen molar-refractivity contribution in [2.75, 3.05) is 14.2 Å². The summed E-state index contributed by atoms with van der Waals surface area (Å²) >= 11 is 1.27. The number of carbonyl (C=O) groups is 1. The van der Waals surface area contributed by atoms with Gasteiger partial charge in [-0.2, -0.15) is 0 Å². The molecule has 0 fully saturated rings. The molecule has 2 bridgehead atoms. The smallest absolute Gasteiger partial charge is 0.317 e. The molecule has 0 aliphatic carbocycles. The van der Waals surface area contributed by atoms with Crippen LogP contribution in [0.25, 0.3) is 6.08 Å². The summed E-state index contributed by atoms with van der Waals surface area (Å²) in [6, 6.07) is 18.5. The predicted molar refractivity (Wildman–Crippen MR) is 155 cm³/mol. The van der Waals surface area contributed by atoms with Gasteiger partial charge in [0.2, 0.25) is 5.72 Å². The lowest BCUT2D eigenvalue weighted by Gasteiger charge is -2.44. The number of hydrogen-bond donors (Lipinski definition) is 0. The lowest BCUT2D eigenvalue weighted by Crippen LogP contribution is -2.58. The van der Waals surface area contributed by atoms with Gasteiger partial charge in [0, 0.05) is 11.1 Å². The van der Waals surface area contributed by atoms with E-state index in [0.717, 1.165) is 33.6 Å². The summed E-state index contributed by atoms with van der Waals surface area (Å²) in [5, 5.41) is 0. The number of benzene rings is 3. The summed E-state index contributed by atoms with van der Waals surface area (Å²) in [7, 11) is 2.96. The third-order valence-electron chi connectivity index (χ3n) is 7.88. The van der Waals surface area contributed by atoms with Gasteiger partial charge in [-0.3, -0.25) is 14.2 Å². The van der Waals surface area contributed by atoms with E-state index in [1.165, 1.54) is 18.4 Å².